The van der Waals surface area contributed by atoms with Crippen LogP contribution in [0.1, 0.15) is 57.9 Å². The molecule has 1 aromatic heterocycles. The van der Waals surface area contributed by atoms with Crippen molar-refractivity contribution in [3.8, 4) is 0 Å². The molecule has 2 N–H and O–H groups in total. The van der Waals surface area contributed by atoms with Crippen LogP contribution in [0.3, 0.4) is 0 Å². The van der Waals surface area contributed by atoms with Gasteiger partial charge in [0.1, 0.15) is 11.4 Å². The molecule has 1 rings (SSSR count). The summed E-state index contributed by atoms with van der Waals surface area (Å²) in [7, 11) is 0. The highest BCUT2D eigenvalue weighted by Crippen LogP contribution is 2.21. The molecule has 0 aliphatic carbocycles. The second-order valence-corrected chi connectivity index (χ2v) is 6.20. The lowest BCUT2D eigenvalue weighted by atomic mass is 10.0. The summed E-state index contributed by atoms with van der Waals surface area (Å²) < 4.78 is 5.29. The molecule has 1 heterocycles. The summed E-state index contributed by atoms with van der Waals surface area (Å²) >= 11 is 0. The molecule has 0 aliphatic rings. The second-order valence-electron chi connectivity index (χ2n) is 6.20. The summed E-state index contributed by atoms with van der Waals surface area (Å²) in [4.78, 5) is 19.5. The van der Waals surface area contributed by atoms with Gasteiger partial charge in [-0.2, -0.15) is 0 Å². The normalized spacial score (nSPS) is 13.5. The molecule has 108 valence electrons. The number of hydrogen-bond acceptors (Lipinski definition) is 3. The van der Waals surface area contributed by atoms with Crippen LogP contribution >= 0.6 is 0 Å². The number of nitrogens with one attached hydrogen (secondary N) is 2. The van der Waals surface area contributed by atoms with Crippen molar-refractivity contribution >= 4 is 6.09 Å². The molecule has 5 heteroatoms. The van der Waals surface area contributed by atoms with E-state index in [0.717, 1.165) is 17.2 Å². The van der Waals surface area contributed by atoms with E-state index in [0.29, 0.717) is 0 Å². The van der Waals surface area contributed by atoms with E-state index in [1.54, 1.807) is 0 Å². The van der Waals surface area contributed by atoms with Crippen molar-refractivity contribution in [2.24, 2.45) is 5.92 Å². The van der Waals surface area contributed by atoms with Crippen LogP contribution in [0.4, 0.5) is 4.79 Å². The monoisotopic (exact) mass is 267 g/mol. The minimum atomic E-state index is -0.499. The number of alkyl carbamates (subject to hydrolysis) is 1. The Labute approximate surface area is 115 Å². The van der Waals surface area contributed by atoms with Crippen molar-refractivity contribution in [3.05, 3.63) is 17.2 Å². The molecule has 1 atom stereocenters. The smallest absolute Gasteiger partial charge is 0.408 e. The van der Waals surface area contributed by atoms with Gasteiger partial charge in [-0.3, -0.25) is 0 Å². The highest BCUT2D eigenvalue weighted by atomic mass is 16.6. The van der Waals surface area contributed by atoms with E-state index in [-0.39, 0.29) is 12.0 Å². The van der Waals surface area contributed by atoms with Crippen LogP contribution in [-0.2, 0) is 4.74 Å². The maximum Gasteiger partial charge on any atom is 0.408 e. The number of rotatable bonds is 3. The summed E-state index contributed by atoms with van der Waals surface area (Å²) in [5.41, 5.74) is 1.47. The van der Waals surface area contributed by atoms with Crippen molar-refractivity contribution in [2.75, 3.05) is 0 Å². The average molecular weight is 267 g/mol. The van der Waals surface area contributed by atoms with E-state index in [2.05, 4.69) is 15.3 Å². The Hall–Kier alpha value is -1.52. The average Bonchev–Trinajstić information content (AvgIpc) is 2.52. The second kappa shape index (κ2) is 5.63. The van der Waals surface area contributed by atoms with Crippen molar-refractivity contribution in [2.45, 2.75) is 60.1 Å². The van der Waals surface area contributed by atoms with Crippen LogP contribution in [0.15, 0.2) is 0 Å². The van der Waals surface area contributed by atoms with Gasteiger partial charge in [0.25, 0.3) is 0 Å². The van der Waals surface area contributed by atoms with Crippen LogP contribution < -0.4 is 5.32 Å². The van der Waals surface area contributed by atoms with Gasteiger partial charge >= 0.3 is 6.09 Å². The largest absolute Gasteiger partial charge is 0.444 e. The SMILES string of the molecule is Cc1nc(C(NC(=O)OC(C)(C)C)C(C)C)[nH]c1C. The molecule has 1 unspecified atom stereocenters. The number of aromatic amines is 1. The number of aryl methyl sites for hydroxylation is 2. The van der Waals surface area contributed by atoms with Gasteiger partial charge in [0.15, 0.2) is 0 Å². The zero-order valence-corrected chi connectivity index (χ0v) is 12.9. The molecule has 19 heavy (non-hydrogen) atoms. The third kappa shape index (κ3) is 4.58. The number of imidazole rings is 1. The van der Waals surface area contributed by atoms with E-state index in [4.69, 9.17) is 4.74 Å². The van der Waals surface area contributed by atoms with E-state index in [1.807, 2.05) is 48.5 Å². The van der Waals surface area contributed by atoms with Crippen LogP contribution in [-0.4, -0.2) is 21.7 Å². The third-order valence-corrected chi connectivity index (χ3v) is 2.78. The molecule has 0 aliphatic heterocycles. The molecule has 0 saturated carbocycles. The van der Waals surface area contributed by atoms with E-state index >= 15 is 0 Å². The van der Waals surface area contributed by atoms with Gasteiger partial charge in [-0.05, 0) is 40.5 Å². The number of hydrogen-bond donors (Lipinski definition) is 2. The minimum Gasteiger partial charge on any atom is -0.444 e. The molecular weight excluding hydrogens is 242 g/mol. The lowest BCUT2D eigenvalue weighted by molar-refractivity contribution is 0.0486. The lowest BCUT2D eigenvalue weighted by Gasteiger charge is -2.24. The first-order chi connectivity index (χ1) is 8.60. The molecule has 1 amide bonds. The maximum atomic E-state index is 11.9. The van der Waals surface area contributed by atoms with Crippen molar-refractivity contribution < 1.29 is 9.53 Å². The Kier molecular flexibility index (Phi) is 4.61. The molecule has 5 nitrogen and oxygen atoms in total. The van der Waals surface area contributed by atoms with Gasteiger partial charge < -0.3 is 15.0 Å². The maximum absolute atomic E-state index is 11.9. The number of H-pyrrole nitrogens is 1. The summed E-state index contributed by atoms with van der Waals surface area (Å²) in [5, 5.41) is 2.87. The molecule has 0 spiro atoms. The zero-order chi connectivity index (χ0) is 14.8. The predicted molar refractivity (Wildman–Crippen MR) is 75.0 cm³/mol. The highest BCUT2D eigenvalue weighted by molar-refractivity contribution is 5.68. The van der Waals surface area contributed by atoms with Crippen LogP contribution in [0.25, 0.3) is 0 Å². The fourth-order valence-electron chi connectivity index (χ4n) is 1.71. The van der Waals surface area contributed by atoms with Gasteiger partial charge in [-0.15, -0.1) is 0 Å². The van der Waals surface area contributed by atoms with Gasteiger partial charge in [0, 0.05) is 5.69 Å². The first-order valence-corrected chi connectivity index (χ1v) is 6.62. The van der Waals surface area contributed by atoms with Gasteiger partial charge in [0.05, 0.1) is 11.7 Å². The minimum absolute atomic E-state index is 0.178. The van der Waals surface area contributed by atoms with Gasteiger partial charge in [-0.1, -0.05) is 13.8 Å². The fourth-order valence-corrected chi connectivity index (χ4v) is 1.71. The number of amides is 1. The lowest BCUT2D eigenvalue weighted by Crippen LogP contribution is -2.37. The summed E-state index contributed by atoms with van der Waals surface area (Å²) in [5.74, 6) is 0.994. The first kappa shape index (κ1) is 15.5. The summed E-state index contributed by atoms with van der Waals surface area (Å²) in [6.07, 6.45) is -0.419. The third-order valence-electron chi connectivity index (χ3n) is 2.78. The highest BCUT2D eigenvalue weighted by Gasteiger charge is 2.25. The Balaban J connectivity index is 2.82. The Morgan fingerprint density at radius 1 is 1.32 bits per heavy atom. The fraction of sp³-hybridized carbons (Fsp3) is 0.714. The van der Waals surface area contributed by atoms with Gasteiger partial charge in [0.2, 0.25) is 0 Å². The van der Waals surface area contributed by atoms with Gasteiger partial charge in [-0.25, -0.2) is 9.78 Å². The molecule has 0 bridgehead atoms. The number of ether oxygens (including phenoxy) is 1. The number of nitrogens with zero attached hydrogens (tertiary/aromatic N) is 1. The molecule has 0 aromatic carbocycles. The van der Waals surface area contributed by atoms with Crippen LogP contribution in [0.2, 0.25) is 0 Å². The summed E-state index contributed by atoms with van der Waals surface area (Å²) in [6.45, 7) is 13.5. The Morgan fingerprint density at radius 2 is 1.89 bits per heavy atom. The molecule has 0 radical (unpaired) electrons. The Bertz CT molecular complexity index is 425. The van der Waals surface area contributed by atoms with E-state index < -0.39 is 11.7 Å². The van der Waals surface area contributed by atoms with E-state index in [1.165, 1.54) is 0 Å². The number of aromatic nitrogens is 2. The molecular formula is C14H25N3O2. The molecule has 0 saturated heterocycles. The topological polar surface area (TPSA) is 67.0 Å². The predicted octanol–water partition coefficient (Wildman–Crippen LogP) is 3.25. The van der Waals surface area contributed by atoms with Crippen LogP contribution in [0, 0.1) is 19.8 Å². The standard InChI is InChI=1S/C14H25N3O2/c1-8(2)11(12-15-9(3)10(4)16-12)17-13(18)19-14(5,6)7/h8,11H,1-7H3,(H,15,16)(H,17,18). The van der Waals surface area contributed by atoms with Crippen molar-refractivity contribution in [1.82, 2.24) is 15.3 Å². The van der Waals surface area contributed by atoms with E-state index in [9.17, 15) is 4.79 Å². The Morgan fingerprint density at radius 3 is 2.26 bits per heavy atom. The zero-order valence-electron chi connectivity index (χ0n) is 12.9. The molecule has 0 fully saturated rings. The summed E-state index contributed by atoms with van der Waals surface area (Å²) in [6, 6.07) is -0.178. The number of carbonyl (C=O) groups is 1. The van der Waals surface area contributed by atoms with Crippen LogP contribution in [0.5, 0.6) is 0 Å². The first-order valence-electron chi connectivity index (χ1n) is 6.62. The number of carbonyl (C=O) groups excluding carboxylic acids is 1. The quantitative estimate of drug-likeness (QED) is 0.883. The van der Waals surface area contributed by atoms with Crippen molar-refractivity contribution in [3.63, 3.8) is 0 Å². The van der Waals surface area contributed by atoms with Crippen molar-refractivity contribution in [1.29, 1.82) is 0 Å². The molecule has 1 aromatic rings.